The first-order valence-electron chi connectivity index (χ1n) is 35.0. The molecular formula is C75H102N8O17S2. The van der Waals surface area contributed by atoms with E-state index in [2.05, 4.69) is 43.3 Å². The molecule has 27 heteroatoms. The van der Waals surface area contributed by atoms with Gasteiger partial charge in [0.25, 0.3) is 0 Å². The number of hydrogen-bond donors (Lipinski definition) is 3. The van der Waals surface area contributed by atoms with Crippen molar-refractivity contribution in [3.63, 3.8) is 0 Å². The van der Waals surface area contributed by atoms with Crippen molar-refractivity contribution in [3.8, 4) is 45.8 Å². The number of amides is 2. The van der Waals surface area contributed by atoms with Gasteiger partial charge in [-0.2, -0.15) is 0 Å². The number of nitrogens with one attached hydrogen (secondary N) is 2. The molecular weight excluding hydrogens is 1350 g/mol. The van der Waals surface area contributed by atoms with Gasteiger partial charge in [0, 0.05) is 70.7 Å². The fraction of sp³-hybridized carbons (Fsp3) is 0.587. The smallest absolute Gasteiger partial charge is 0.411 e. The lowest BCUT2D eigenvalue weighted by atomic mass is 9.77. The van der Waals surface area contributed by atoms with Crippen molar-refractivity contribution >= 4 is 96.6 Å². The number of benzene rings is 2. The average molecular weight is 1450 g/mol. The Balaban J connectivity index is 0.000000214. The summed E-state index contributed by atoms with van der Waals surface area (Å²) in [6, 6.07) is 13.6. The number of carbonyl (C=O) groups is 7. The van der Waals surface area contributed by atoms with E-state index < -0.39 is 76.6 Å². The Morgan fingerprint density at radius 1 is 0.539 bits per heavy atom. The molecule has 6 atom stereocenters. The zero-order valence-electron chi connectivity index (χ0n) is 61.9. The molecule has 25 nitrogen and oxygen atoms in total. The highest BCUT2D eigenvalue weighted by molar-refractivity contribution is 7.14. The second-order valence-corrected chi connectivity index (χ2v) is 31.7. The van der Waals surface area contributed by atoms with Crippen molar-refractivity contribution in [1.82, 2.24) is 29.7 Å². The average Bonchev–Trinajstić information content (AvgIpc) is 1.48. The van der Waals surface area contributed by atoms with E-state index in [1.54, 1.807) is 35.0 Å². The van der Waals surface area contributed by atoms with Crippen LogP contribution in [0.2, 0.25) is 0 Å². The number of pyridine rings is 2. The molecule has 2 aliphatic heterocycles. The lowest BCUT2D eigenvalue weighted by Gasteiger charge is -2.34. The number of aromatic nitrogens is 4. The molecule has 102 heavy (non-hydrogen) atoms. The number of anilines is 2. The summed E-state index contributed by atoms with van der Waals surface area (Å²) in [5.74, 6) is -1.96. The summed E-state index contributed by atoms with van der Waals surface area (Å²) in [6.45, 7) is 25.1. The van der Waals surface area contributed by atoms with Crippen LogP contribution in [0, 0.1) is 22.7 Å². The summed E-state index contributed by atoms with van der Waals surface area (Å²) in [5, 5.41) is 22.7. The molecule has 2 saturated heterocycles. The maximum atomic E-state index is 14.2. The number of methoxy groups -OCH3 is 4. The minimum atomic E-state index is -0.930. The summed E-state index contributed by atoms with van der Waals surface area (Å²) >= 11 is 3.00. The van der Waals surface area contributed by atoms with E-state index in [1.165, 1.54) is 46.7 Å². The van der Waals surface area contributed by atoms with Crippen LogP contribution in [0.4, 0.5) is 15.1 Å². The van der Waals surface area contributed by atoms with E-state index in [0.29, 0.717) is 56.8 Å². The summed E-state index contributed by atoms with van der Waals surface area (Å²) in [7, 11) is 5.81. The van der Waals surface area contributed by atoms with Crippen molar-refractivity contribution in [1.29, 1.82) is 0 Å². The molecule has 2 aromatic carbocycles. The standard InChI is InChI=1S/C35H46N4O7S.C27H34N4O6S.C13H22O4/c1-20(2)36-34-38-28(19-47-34)27-17-30(24-13-12-22(43-6)14-26(24)37-27)45-23-15-29(33(42)44-7)39(18-23)32(41)25(35(3,4)5)16-31(40)46-21-10-8-9-11-21;1-15(2)28-25-30-21(14-38-25)20-12-23(18-9-8-16(34-6)10-19(18)29-20)36-17-11-22(24(32)35-7)31(13-17)26(33)37-27(3,4)5;1-13(2,3)10(12(15)16)8-11(14)17-9-6-4-5-7-9/h12-14,17,19-21,23,25,29H,8-11,15-16,18H2,1-7H3,(H,36,38);8-10,12,14-15,17,22H,11,13H2,1-7H3,(H,28,30);9-10H,4-8H2,1-3H3,(H,15,16)/t23-,25-,29+;17-,22+;10-/m111/s1. The van der Waals surface area contributed by atoms with Gasteiger partial charge in [-0.15, -0.1) is 22.7 Å². The highest BCUT2D eigenvalue weighted by atomic mass is 32.1. The molecule has 4 aromatic heterocycles. The molecule has 4 aliphatic rings. The number of nitrogens with zero attached hydrogens (tertiary/aromatic N) is 6. The third-order valence-corrected chi connectivity index (χ3v) is 19.5. The maximum Gasteiger partial charge on any atom is 0.411 e. The van der Waals surface area contributed by atoms with Crippen LogP contribution in [-0.4, -0.2) is 172 Å². The van der Waals surface area contributed by atoms with Crippen LogP contribution in [0.25, 0.3) is 44.6 Å². The molecule has 556 valence electrons. The lowest BCUT2D eigenvalue weighted by Crippen LogP contribution is -2.47. The Hall–Kier alpha value is -8.59. The first kappa shape index (κ1) is 79.1. The van der Waals surface area contributed by atoms with Crippen LogP contribution in [0.3, 0.4) is 0 Å². The number of esters is 4. The van der Waals surface area contributed by atoms with Gasteiger partial charge in [-0.05, 0) is 135 Å². The number of ether oxygens (including phenoxy) is 9. The monoisotopic (exact) mass is 1450 g/mol. The van der Waals surface area contributed by atoms with Gasteiger partial charge in [-0.25, -0.2) is 34.3 Å². The fourth-order valence-electron chi connectivity index (χ4n) is 12.6. The van der Waals surface area contributed by atoms with E-state index in [1.807, 2.05) is 101 Å². The van der Waals surface area contributed by atoms with Crippen LogP contribution < -0.4 is 29.6 Å². The number of thiazole rings is 2. The fourth-order valence-corrected chi connectivity index (χ4v) is 14.3. The molecule has 10 rings (SSSR count). The quantitative estimate of drug-likeness (QED) is 0.0420. The lowest BCUT2D eigenvalue weighted by molar-refractivity contribution is -0.158. The van der Waals surface area contributed by atoms with Gasteiger partial charge in [0.15, 0.2) is 10.3 Å². The second-order valence-electron chi connectivity index (χ2n) is 30.0. The Labute approximate surface area is 605 Å². The topological polar surface area (TPSA) is 305 Å². The first-order chi connectivity index (χ1) is 48.1. The molecule has 6 heterocycles. The Morgan fingerprint density at radius 3 is 1.31 bits per heavy atom. The van der Waals surface area contributed by atoms with E-state index >= 15 is 0 Å². The maximum absolute atomic E-state index is 14.2. The molecule has 0 bridgehead atoms. The number of carbonyl (C=O) groups excluding carboxylic acids is 6. The SMILES string of the molecule is CC(C)(C)[C@H](CC(=O)OC1CCCC1)C(=O)O.COC(=O)[C@@H]1C[C@@H](Oc2cc(-c3csc(NC(C)C)n3)nc3cc(OC)ccc23)CN1C(=O)OC(C)(C)C.COC(=O)[C@@H]1C[C@@H](Oc2cc(-c3csc(NC(C)C)n3)nc3cc(OC)ccc23)CN1C(=O)[C@@H](CC(=O)OC1CCCC1)C(C)(C)C. The van der Waals surface area contributed by atoms with Gasteiger partial charge < -0.3 is 63.3 Å². The zero-order valence-corrected chi connectivity index (χ0v) is 63.6. The number of carboxylic acid groups (broad SMARTS) is 1. The van der Waals surface area contributed by atoms with Gasteiger partial charge in [0.2, 0.25) is 5.91 Å². The summed E-state index contributed by atoms with van der Waals surface area (Å²) in [4.78, 5) is 110. The Bertz CT molecular complexity index is 3900. The van der Waals surface area contributed by atoms with E-state index in [-0.39, 0.29) is 80.9 Å². The van der Waals surface area contributed by atoms with Crippen LogP contribution in [-0.2, 0) is 52.5 Å². The van der Waals surface area contributed by atoms with E-state index in [0.717, 1.165) is 72.4 Å². The van der Waals surface area contributed by atoms with Gasteiger partial charge >= 0.3 is 35.9 Å². The van der Waals surface area contributed by atoms with E-state index in [4.69, 9.17) is 62.7 Å². The summed E-state index contributed by atoms with van der Waals surface area (Å²) in [5.41, 5.74) is 2.31. The number of hydrogen-bond acceptors (Lipinski definition) is 24. The number of likely N-dealkylation sites (tertiary alicyclic amines) is 2. The van der Waals surface area contributed by atoms with Gasteiger partial charge in [0.05, 0.1) is 88.6 Å². The summed E-state index contributed by atoms with van der Waals surface area (Å²) in [6.07, 6.45) is 6.55. The molecule has 0 spiro atoms. The largest absolute Gasteiger partial charge is 0.497 e. The van der Waals surface area contributed by atoms with Crippen molar-refractivity contribution in [2.45, 2.75) is 221 Å². The second kappa shape index (κ2) is 34.6. The molecule has 4 fully saturated rings. The van der Waals surface area contributed by atoms with Gasteiger partial charge in [-0.1, -0.05) is 41.5 Å². The third kappa shape index (κ3) is 21.5. The molecule has 2 saturated carbocycles. The predicted molar refractivity (Wildman–Crippen MR) is 390 cm³/mol. The van der Waals surface area contributed by atoms with Crippen molar-refractivity contribution in [2.24, 2.45) is 22.7 Å². The van der Waals surface area contributed by atoms with Crippen molar-refractivity contribution in [2.75, 3.05) is 52.2 Å². The normalized spacial score (nSPS) is 18.5. The van der Waals surface area contributed by atoms with Crippen LogP contribution in [0.5, 0.6) is 23.0 Å². The first-order valence-corrected chi connectivity index (χ1v) is 36.7. The van der Waals surface area contributed by atoms with Gasteiger partial charge in [0.1, 0.15) is 76.5 Å². The number of carboxylic acids is 1. The molecule has 0 radical (unpaired) electrons. The minimum Gasteiger partial charge on any atom is -0.497 e. The number of fused-ring (bicyclic) bond motifs is 2. The van der Waals surface area contributed by atoms with E-state index in [9.17, 15) is 33.6 Å². The molecule has 3 N–H and O–H groups in total. The summed E-state index contributed by atoms with van der Waals surface area (Å²) < 4.78 is 50.6. The Morgan fingerprint density at radius 2 is 0.941 bits per heavy atom. The highest BCUT2D eigenvalue weighted by Crippen LogP contribution is 2.41. The molecule has 0 unspecified atom stereocenters. The van der Waals surface area contributed by atoms with Crippen molar-refractivity contribution in [3.05, 3.63) is 59.3 Å². The molecule has 6 aromatic rings. The van der Waals surface area contributed by atoms with Gasteiger partial charge in [-0.3, -0.25) is 24.1 Å². The number of rotatable bonds is 22. The van der Waals surface area contributed by atoms with Crippen molar-refractivity contribution < 1.29 is 81.3 Å². The predicted octanol–water partition coefficient (Wildman–Crippen LogP) is 14.0. The minimum absolute atomic E-state index is 0.0110. The zero-order chi connectivity index (χ0) is 74.5. The highest BCUT2D eigenvalue weighted by Gasteiger charge is 2.48. The van der Waals surface area contributed by atoms with Crippen LogP contribution in [0.1, 0.15) is 167 Å². The Kier molecular flexibility index (Phi) is 26.8. The number of aliphatic carboxylic acids is 1. The third-order valence-electron chi connectivity index (χ3n) is 17.9. The van der Waals surface area contributed by atoms with Crippen LogP contribution in [0.15, 0.2) is 59.3 Å². The molecule has 2 amide bonds. The van der Waals surface area contributed by atoms with Crippen LogP contribution >= 0.6 is 22.7 Å². The molecule has 2 aliphatic carbocycles.